The van der Waals surface area contributed by atoms with Crippen molar-refractivity contribution in [3.63, 3.8) is 0 Å². The van der Waals surface area contributed by atoms with Crippen LogP contribution in [0.25, 0.3) is 0 Å². The molecule has 5 heteroatoms. The van der Waals surface area contributed by atoms with Crippen molar-refractivity contribution in [2.45, 2.75) is 34.8 Å². The van der Waals surface area contributed by atoms with Crippen LogP contribution in [0.3, 0.4) is 0 Å². The van der Waals surface area contributed by atoms with E-state index in [1.807, 2.05) is 6.08 Å². The highest BCUT2D eigenvalue weighted by molar-refractivity contribution is 9.10. The van der Waals surface area contributed by atoms with Crippen LogP contribution >= 0.6 is 66.7 Å². The monoisotopic (exact) mass is 396 g/mol. The van der Waals surface area contributed by atoms with E-state index in [-0.39, 0.29) is 20.5 Å². The summed E-state index contributed by atoms with van der Waals surface area (Å²) >= 11 is 25.7. The minimum atomic E-state index is -0.295. The first-order valence-electron chi connectivity index (χ1n) is 4.69. The summed E-state index contributed by atoms with van der Waals surface area (Å²) in [5.41, 5.74) is 1.40. The molecule has 0 unspecified atom stereocenters. The first kappa shape index (κ1) is 14.6. The molecule has 1 aliphatic carbocycles. The SMILES string of the molecule is C[C@]1(C=CCl)C[C@@](Cl)(CBr)[C@@H](Br)C[C@H]1Cl. The first-order chi connectivity index (χ1) is 6.88. The molecule has 0 aliphatic heterocycles. The molecule has 0 bridgehead atoms. The lowest BCUT2D eigenvalue weighted by molar-refractivity contribution is 0.261. The minimum Gasteiger partial charge on any atom is -0.122 e. The maximum atomic E-state index is 6.57. The highest BCUT2D eigenvalue weighted by atomic mass is 79.9. The number of rotatable bonds is 2. The van der Waals surface area contributed by atoms with Crippen LogP contribution in [-0.4, -0.2) is 20.4 Å². The molecule has 0 N–H and O–H groups in total. The van der Waals surface area contributed by atoms with E-state index in [9.17, 15) is 0 Å². The standard InChI is InChI=1S/C10H13Br2Cl3/c1-9(2-3-13)5-10(15,6-11)7(12)4-8(9)14/h2-3,7-8H,4-6H2,1H3/t7-,8+,9-,10+/m0/s1. The zero-order valence-electron chi connectivity index (χ0n) is 8.32. The molecular formula is C10H13Br2Cl3. The van der Waals surface area contributed by atoms with Gasteiger partial charge in [-0.25, -0.2) is 0 Å². The van der Waals surface area contributed by atoms with E-state index in [1.165, 1.54) is 5.54 Å². The van der Waals surface area contributed by atoms with Crippen LogP contribution in [-0.2, 0) is 0 Å². The molecular weight excluding hydrogens is 386 g/mol. The Morgan fingerprint density at radius 1 is 1.53 bits per heavy atom. The van der Waals surface area contributed by atoms with Crippen LogP contribution in [0.5, 0.6) is 0 Å². The van der Waals surface area contributed by atoms with E-state index in [4.69, 9.17) is 34.8 Å². The lowest BCUT2D eigenvalue weighted by atomic mass is 9.70. The maximum Gasteiger partial charge on any atom is 0.0676 e. The number of hydrogen-bond donors (Lipinski definition) is 0. The molecule has 0 saturated heterocycles. The van der Waals surface area contributed by atoms with Crippen LogP contribution < -0.4 is 0 Å². The molecule has 0 aromatic heterocycles. The highest BCUT2D eigenvalue weighted by Gasteiger charge is 2.49. The Labute approximate surface area is 123 Å². The fraction of sp³-hybridized carbons (Fsp3) is 0.800. The third-order valence-electron chi connectivity index (χ3n) is 3.03. The fourth-order valence-electron chi connectivity index (χ4n) is 1.96. The Kier molecular flexibility index (Phi) is 5.34. The number of alkyl halides is 4. The lowest BCUT2D eigenvalue weighted by Gasteiger charge is -2.46. The van der Waals surface area contributed by atoms with Gasteiger partial charge < -0.3 is 0 Å². The third kappa shape index (κ3) is 3.07. The van der Waals surface area contributed by atoms with Gasteiger partial charge in [0.25, 0.3) is 0 Å². The zero-order valence-corrected chi connectivity index (χ0v) is 13.8. The Morgan fingerprint density at radius 3 is 2.60 bits per heavy atom. The molecule has 4 atom stereocenters. The predicted molar refractivity (Wildman–Crippen MR) is 77.1 cm³/mol. The first-order valence-corrected chi connectivity index (χ1v) is 7.98. The van der Waals surface area contributed by atoms with E-state index >= 15 is 0 Å². The van der Waals surface area contributed by atoms with Crippen molar-refractivity contribution in [3.05, 3.63) is 11.6 Å². The zero-order chi connectivity index (χ0) is 11.7. The number of hydrogen-bond acceptors (Lipinski definition) is 0. The van der Waals surface area contributed by atoms with Gasteiger partial charge in [0.15, 0.2) is 0 Å². The van der Waals surface area contributed by atoms with E-state index < -0.39 is 0 Å². The molecule has 0 heterocycles. The van der Waals surface area contributed by atoms with Gasteiger partial charge in [0, 0.05) is 26.5 Å². The van der Waals surface area contributed by atoms with Crippen LogP contribution in [0.15, 0.2) is 11.6 Å². The molecule has 1 aliphatic rings. The molecule has 1 rings (SSSR count). The summed E-state index contributed by atoms with van der Waals surface area (Å²) in [5.74, 6) is 0. The second-order valence-corrected chi connectivity index (χ2v) is 7.51. The van der Waals surface area contributed by atoms with Crippen molar-refractivity contribution in [2.75, 3.05) is 5.33 Å². The largest absolute Gasteiger partial charge is 0.122 e. The molecule has 0 radical (unpaired) electrons. The molecule has 15 heavy (non-hydrogen) atoms. The van der Waals surface area contributed by atoms with Gasteiger partial charge in [0.2, 0.25) is 0 Å². The maximum absolute atomic E-state index is 6.57. The Bertz CT molecular complexity index is 259. The van der Waals surface area contributed by atoms with Crippen molar-refractivity contribution < 1.29 is 0 Å². The Hall–Kier alpha value is 1.57. The quantitative estimate of drug-likeness (QED) is 0.554. The molecule has 0 aromatic rings. The molecule has 1 fully saturated rings. The number of allylic oxidation sites excluding steroid dienone is 1. The molecule has 0 amide bonds. The molecule has 1 saturated carbocycles. The van der Waals surface area contributed by atoms with E-state index in [1.54, 1.807) is 0 Å². The summed E-state index contributed by atoms with van der Waals surface area (Å²) in [6.45, 7) is 2.10. The van der Waals surface area contributed by atoms with Gasteiger partial charge in [0.05, 0.1) is 4.87 Å². The summed E-state index contributed by atoms with van der Waals surface area (Å²) in [6.07, 6.45) is 3.60. The molecule has 0 spiro atoms. The molecule has 0 nitrogen and oxygen atoms in total. The van der Waals surface area contributed by atoms with Crippen LogP contribution in [0, 0.1) is 5.41 Å². The average molecular weight is 399 g/mol. The predicted octanol–water partition coefficient (Wildman–Crippen LogP) is 5.28. The molecule has 0 aromatic carbocycles. The Morgan fingerprint density at radius 2 is 2.13 bits per heavy atom. The average Bonchev–Trinajstić information content (AvgIpc) is 2.15. The van der Waals surface area contributed by atoms with Crippen LogP contribution in [0.2, 0.25) is 0 Å². The summed E-state index contributed by atoms with van der Waals surface area (Å²) in [7, 11) is 0. The lowest BCUT2D eigenvalue weighted by Crippen LogP contribution is -2.49. The summed E-state index contributed by atoms with van der Waals surface area (Å²) in [4.78, 5) is -0.0679. The van der Waals surface area contributed by atoms with Gasteiger partial charge in [0.1, 0.15) is 0 Å². The van der Waals surface area contributed by atoms with Gasteiger partial charge in [-0.3, -0.25) is 0 Å². The second-order valence-electron chi connectivity index (χ2n) is 4.31. The minimum absolute atomic E-state index is 0.0581. The topological polar surface area (TPSA) is 0 Å². The van der Waals surface area contributed by atoms with Crippen LogP contribution in [0.1, 0.15) is 19.8 Å². The van der Waals surface area contributed by atoms with Gasteiger partial charge in [-0.1, -0.05) is 56.5 Å². The van der Waals surface area contributed by atoms with Gasteiger partial charge in [-0.15, -0.1) is 23.2 Å². The summed E-state index contributed by atoms with van der Waals surface area (Å²) in [5, 5.41) is 0.801. The van der Waals surface area contributed by atoms with Crippen LogP contribution in [0.4, 0.5) is 0 Å². The van der Waals surface area contributed by atoms with Crippen molar-refractivity contribution in [3.8, 4) is 0 Å². The normalized spacial score (nSPS) is 47.3. The van der Waals surface area contributed by atoms with E-state index in [0.29, 0.717) is 0 Å². The number of halogens is 5. The van der Waals surface area contributed by atoms with Gasteiger partial charge in [-0.2, -0.15) is 0 Å². The van der Waals surface area contributed by atoms with E-state index in [2.05, 4.69) is 38.8 Å². The smallest absolute Gasteiger partial charge is 0.0676 e. The third-order valence-corrected chi connectivity index (χ3v) is 7.20. The molecule has 88 valence electrons. The van der Waals surface area contributed by atoms with Crippen molar-refractivity contribution >= 4 is 66.7 Å². The van der Waals surface area contributed by atoms with Crippen molar-refractivity contribution in [2.24, 2.45) is 5.41 Å². The van der Waals surface area contributed by atoms with Gasteiger partial charge in [-0.05, 0) is 12.8 Å². The summed E-state index contributed by atoms with van der Waals surface area (Å²) in [6, 6.07) is 0. The summed E-state index contributed by atoms with van der Waals surface area (Å²) < 4.78 is 0. The Balaban J connectivity index is 2.94. The second kappa shape index (κ2) is 5.48. The highest BCUT2D eigenvalue weighted by Crippen LogP contribution is 2.51. The van der Waals surface area contributed by atoms with Gasteiger partial charge >= 0.3 is 0 Å². The van der Waals surface area contributed by atoms with E-state index in [0.717, 1.165) is 18.2 Å². The fourth-order valence-corrected chi connectivity index (χ4v) is 4.88. The van der Waals surface area contributed by atoms with Crippen molar-refractivity contribution in [1.29, 1.82) is 0 Å². The van der Waals surface area contributed by atoms with Crippen molar-refractivity contribution in [1.82, 2.24) is 0 Å².